The van der Waals surface area contributed by atoms with E-state index in [9.17, 15) is 4.79 Å². The number of nitrogens with one attached hydrogen (secondary N) is 1. The summed E-state index contributed by atoms with van der Waals surface area (Å²) in [5.41, 5.74) is 0.777. The second kappa shape index (κ2) is 3.79. The summed E-state index contributed by atoms with van der Waals surface area (Å²) in [7, 11) is 0. The van der Waals surface area contributed by atoms with E-state index in [2.05, 4.69) is 52.8 Å². The predicted octanol–water partition coefficient (Wildman–Crippen LogP) is 3.82. The Bertz CT molecular complexity index is 562. The van der Waals surface area contributed by atoms with E-state index < -0.39 is 0 Å². The molecule has 5 heteroatoms. The Hall–Kier alpha value is -0.130. The van der Waals surface area contributed by atoms with Gasteiger partial charge in [0.05, 0.1) is 15.4 Å². The van der Waals surface area contributed by atoms with Crippen LogP contribution in [0.25, 0.3) is 10.9 Å². The fourth-order valence-electron chi connectivity index (χ4n) is 1.24. The first kappa shape index (κ1) is 10.4. The number of H-pyrrole nitrogens is 1. The summed E-state index contributed by atoms with van der Waals surface area (Å²) in [5, 5.41) is 0.647. The summed E-state index contributed by atoms with van der Waals surface area (Å²) in [6, 6.07) is 3.73. The van der Waals surface area contributed by atoms with Crippen molar-refractivity contribution in [2.75, 3.05) is 0 Å². The van der Waals surface area contributed by atoms with Crippen molar-refractivity contribution in [3.05, 3.63) is 42.0 Å². The Kier molecular flexibility index (Phi) is 2.81. The van der Waals surface area contributed by atoms with Crippen LogP contribution in [0.1, 0.15) is 0 Å². The van der Waals surface area contributed by atoms with Crippen LogP contribution in [0.2, 0.25) is 0 Å². The summed E-state index contributed by atoms with van der Waals surface area (Å²) in [4.78, 5) is 14.8. The van der Waals surface area contributed by atoms with E-state index in [0.717, 1.165) is 14.5 Å². The van der Waals surface area contributed by atoms with Crippen LogP contribution in [0.3, 0.4) is 0 Å². The summed E-state index contributed by atoms with van der Waals surface area (Å²) >= 11 is 9.93. The highest BCUT2D eigenvalue weighted by atomic mass is 79.9. The Labute approximate surface area is 105 Å². The minimum absolute atomic E-state index is 0.0214. The van der Waals surface area contributed by atoms with Crippen molar-refractivity contribution >= 4 is 58.7 Å². The average molecular weight is 382 g/mol. The molecule has 0 bridgehead atoms. The fourth-order valence-corrected chi connectivity index (χ4v) is 2.50. The van der Waals surface area contributed by atoms with Gasteiger partial charge < -0.3 is 4.98 Å². The third-order valence-electron chi connectivity index (χ3n) is 1.89. The van der Waals surface area contributed by atoms with E-state index in [-0.39, 0.29) is 5.43 Å². The quantitative estimate of drug-likeness (QED) is 0.739. The Morgan fingerprint density at radius 1 is 1.00 bits per heavy atom. The molecule has 0 aliphatic heterocycles. The zero-order valence-electron chi connectivity index (χ0n) is 6.77. The molecular formula is C9H4Br3NO. The van der Waals surface area contributed by atoms with Gasteiger partial charge in [-0.3, -0.25) is 4.79 Å². The molecule has 2 rings (SSSR count). The smallest absolute Gasteiger partial charge is 0.204 e. The zero-order chi connectivity index (χ0) is 10.3. The van der Waals surface area contributed by atoms with Gasteiger partial charge in [0, 0.05) is 15.1 Å². The van der Waals surface area contributed by atoms with Crippen LogP contribution >= 0.6 is 47.8 Å². The molecule has 1 aromatic heterocycles. The molecule has 0 saturated heterocycles. The van der Waals surface area contributed by atoms with Crippen molar-refractivity contribution in [1.29, 1.82) is 0 Å². The number of aromatic nitrogens is 1. The molecular weight excluding hydrogens is 378 g/mol. The number of halogens is 3. The van der Waals surface area contributed by atoms with Crippen LogP contribution in [-0.4, -0.2) is 4.98 Å². The molecule has 14 heavy (non-hydrogen) atoms. The van der Waals surface area contributed by atoms with E-state index in [1.807, 2.05) is 12.1 Å². The van der Waals surface area contributed by atoms with Gasteiger partial charge in [0.15, 0.2) is 0 Å². The predicted molar refractivity (Wildman–Crippen MR) is 67.7 cm³/mol. The van der Waals surface area contributed by atoms with Crippen LogP contribution in [0.15, 0.2) is 36.5 Å². The van der Waals surface area contributed by atoms with Gasteiger partial charge in [0.2, 0.25) is 5.43 Å². The second-order valence-corrected chi connectivity index (χ2v) is 5.31. The molecule has 1 heterocycles. The molecule has 1 aromatic carbocycles. The van der Waals surface area contributed by atoms with E-state index in [0.29, 0.717) is 9.86 Å². The highest BCUT2D eigenvalue weighted by molar-refractivity contribution is 9.11. The third kappa shape index (κ3) is 1.57. The topological polar surface area (TPSA) is 32.9 Å². The molecule has 0 unspecified atom stereocenters. The maximum Gasteiger partial charge on any atom is 0.204 e. The lowest BCUT2D eigenvalue weighted by Gasteiger charge is -2.02. The number of hydrogen-bond donors (Lipinski definition) is 1. The van der Waals surface area contributed by atoms with Crippen LogP contribution < -0.4 is 5.43 Å². The van der Waals surface area contributed by atoms with Gasteiger partial charge in [-0.1, -0.05) is 0 Å². The summed E-state index contributed by atoms with van der Waals surface area (Å²) in [6.07, 6.45) is 1.64. The van der Waals surface area contributed by atoms with E-state index in [4.69, 9.17) is 0 Å². The normalized spacial score (nSPS) is 10.8. The van der Waals surface area contributed by atoms with Crippen LogP contribution in [0.5, 0.6) is 0 Å². The van der Waals surface area contributed by atoms with E-state index in [1.54, 1.807) is 6.20 Å². The van der Waals surface area contributed by atoms with Gasteiger partial charge in [0.25, 0.3) is 0 Å². The summed E-state index contributed by atoms with van der Waals surface area (Å²) in [6.45, 7) is 0. The number of pyridine rings is 1. The number of rotatable bonds is 0. The van der Waals surface area contributed by atoms with Gasteiger partial charge in [0.1, 0.15) is 0 Å². The van der Waals surface area contributed by atoms with Crippen LogP contribution in [0.4, 0.5) is 0 Å². The summed E-state index contributed by atoms with van der Waals surface area (Å²) < 4.78 is 2.20. The highest BCUT2D eigenvalue weighted by Gasteiger charge is 2.08. The standard InChI is InChI=1S/C9H4Br3NO/c10-4-1-2-5(11)8-7(4)9(14)6(12)3-13-8/h1-3H,(H,13,14). The van der Waals surface area contributed by atoms with Crippen LogP contribution in [-0.2, 0) is 0 Å². The molecule has 0 spiro atoms. The SMILES string of the molecule is O=c1c(Br)c[nH]c2c(Br)ccc(Br)c12. The number of aromatic amines is 1. The van der Waals surface area contributed by atoms with E-state index >= 15 is 0 Å². The van der Waals surface area contributed by atoms with Crippen molar-refractivity contribution in [3.63, 3.8) is 0 Å². The monoisotopic (exact) mass is 379 g/mol. The maximum absolute atomic E-state index is 11.8. The second-order valence-electron chi connectivity index (χ2n) is 2.74. The minimum Gasteiger partial charge on any atom is -0.359 e. The molecule has 2 aromatic rings. The van der Waals surface area contributed by atoms with Crippen molar-refractivity contribution in [3.8, 4) is 0 Å². The van der Waals surface area contributed by atoms with Crippen molar-refractivity contribution in [2.24, 2.45) is 0 Å². The minimum atomic E-state index is -0.0214. The van der Waals surface area contributed by atoms with Gasteiger partial charge in [-0.25, -0.2) is 0 Å². The average Bonchev–Trinajstić information content (AvgIpc) is 2.16. The highest BCUT2D eigenvalue weighted by Crippen LogP contribution is 2.27. The molecule has 0 aliphatic rings. The van der Waals surface area contributed by atoms with Gasteiger partial charge in [-0.15, -0.1) is 0 Å². The zero-order valence-corrected chi connectivity index (χ0v) is 11.5. The van der Waals surface area contributed by atoms with Crippen molar-refractivity contribution < 1.29 is 0 Å². The summed E-state index contributed by atoms with van der Waals surface area (Å²) in [5.74, 6) is 0. The van der Waals surface area contributed by atoms with Gasteiger partial charge in [-0.05, 0) is 59.9 Å². The maximum atomic E-state index is 11.8. The largest absolute Gasteiger partial charge is 0.359 e. The molecule has 0 atom stereocenters. The number of hydrogen-bond acceptors (Lipinski definition) is 1. The Morgan fingerprint density at radius 2 is 1.64 bits per heavy atom. The molecule has 0 saturated carbocycles. The third-order valence-corrected chi connectivity index (χ3v) is 3.80. The van der Waals surface area contributed by atoms with Gasteiger partial charge in [-0.2, -0.15) is 0 Å². The van der Waals surface area contributed by atoms with Crippen molar-refractivity contribution in [2.45, 2.75) is 0 Å². The lowest BCUT2D eigenvalue weighted by molar-refractivity contribution is 1.35. The van der Waals surface area contributed by atoms with Gasteiger partial charge >= 0.3 is 0 Å². The van der Waals surface area contributed by atoms with Crippen molar-refractivity contribution in [1.82, 2.24) is 4.98 Å². The first-order chi connectivity index (χ1) is 6.61. The Balaban J connectivity index is 3.09. The number of fused-ring (bicyclic) bond motifs is 1. The first-order valence-corrected chi connectivity index (χ1v) is 6.14. The van der Waals surface area contributed by atoms with Crippen LogP contribution in [0, 0.1) is 0 Å². The lowest BCUT2D eigenvalue weighted by atomic mass is 10.2. The molecule has 1 N–H and O–H groups in total. The van der Waals surface area contributed by atoms with E-state index in [1.165, 1.54) is 0 Å². The molecule has 2 nitrogen and oxygen atoms in total. The number of benzene rings is 1. The molecule has 72 valence electrons. The molecule has 0 aliphatic carbocycles. The fraction of sp³-hybridized carbons (Fsp3) is 0. The molecule has 0 fully saturated rings. The molecule has 0 amide bonds. The Morgan fingerprint density at radius 3 is 2.36 bits per heavy atom. The first-order valence-electron chi connectivity index (χ1n) is 3.76. The lowest BCUT2D eigenvalue weighted by Crippen LogP contribution is -2.04. The molecule has 0 radical (unpaired) electrons.